The molecule has 0 fully saturated rings. The molecule has 0 radical (unpaired) electrons. The molecular weight excluding hydrogens is 413 g/mol. The zero-order valence-electron chi connectivity index (χ0n) is 15.4. The summed E-state index contributed by atoms with van der Waals surface area (Å²) in [5.74, 6) is -0.664. The zero-order valence-corrected chi connectivity index (χ0v) is 16.1. The van der Waals surface area contributed by atoms with Gasteiger partial charge in [-0.15, -0.1) is 0 Å². The van der Waals surface area contributed by atoms with Crippen molar-refractivity contribution in [1.82, 2.24) is 14.6 Å². The molecule has 0 atom stereocenters. The molecule has 29 heavy (non-hydrogen) atoms. The Bertz CT molecular complexity index is 1140. The van der Waals surface area contributed by atoms with Crippen molar-refractivity contribution in [3.05, 3.63) is 56.6 Å². The van der Waals surface area contributed by atoms with Crippen LogP contribution in [0.3, 0.4) is 0 Å². The van der Waals surface area contributed by atoms with Crippen LogP contribution in [-0.2, 0) is 11.2 Å². The Balaban J connectivity index is 1.83. The Morgan fingerprint density at radius 3 is 2.72 bits per heavy atom. The molecule has 11 heteroatoms. The first-order chi connectivity index (χ1) is 13.5. The highest BCUT2D eigenvalue weighted by Crippen LogP contribution is 2.30. The van der Waals surface area contributed by atoms with Crippen molar-refractivity contribution >= 4 is 28.8 Å². The van der Waals surface area contributed by atoms with Gasteiger partial charge in [0.2, 0.25) is 5.91 Å². The van der Waals surface area contributed by atoms with E-state index in [1.165, 1.54) is 28.8 Å². The molecule has 0 unspecified atom stereocenters. The van der Waals surface area contributed by atoms with Gasteiger partial charge in [0.05, 0.1) is 12.1 Å². The molecule has 0 aliphatic carbocycles. The second-order valence-corrected chi connectivity index (χ2v) is 6.78. The minimum atomic E-state index is -4.52. The van der Waals surface area contributed by atoms with E-state index in [2.05, 4.69) is 15.4 Å². The number of rotatable bonds is 5. The zero-order chi connectivity index (χ0) is 21.3. The lowest BCUT2D eigenvalue weighted by Gasteiger charge is -2.15. The Labute approximate surface area is 167 Å². The number of nitrogens with zero attached hydrogens (tertiary/aromatic N) is 2. The fraction of sp³-hybridized carbons (Fsp3) is 0.278. The van der Waals surface area contributed by atoms with Crippen LogP contribution >= 0.6 is 11.6 Å². The molecule has 0 saturated carbocycles. The number of amides is 1. The lowest BCUT2D eigenvalue weighted by Crippen LogP contribution is -2.21. The van der Waals surface area contributed by atoms with Crippen molar-refractivity contribution in [2.24, 2.45) is 0 Å². The van der Waals surface area contributed by atoms with Crippen LogP contribution in [0, 0.1) is 13.8 Å². The van der Waals surface area contributed by atoms with Gasteiger partial charge in [0.15, 0.2) is 12.3 Å². The number of hydrogen-bond donors (Lipinski definition) is 2. The Morgan fingerprint density at radius 1 is 1.31 bits per heavy atom. The molecule has 2 N–H and O–H groups in total. The summed E-state index contributed by atoms with van der Waals surface area (Å²) in [7, 11) is 0. The number of halogens is 4. The van der Waals surface area contributed by atoms with Gasteiger partial charge in [-0.2, -0.15) is 13.2 Å². The predicted molar refractivity (Wildman–Crippen MR) is 101 cm³/mol. The van der Waals surface area contributed by atoms with Gasteiger partial charge in [0, 0.05) is 28.0 Å². The van der Waals surface area contributed by atoms with E-state index in [-0.39, 0.29) is 28.4 Å². The van der Waals surface area contributed by atoms with E-state index in [0.717, 1.165) is 0 Å². The normalized spacial score (nSPS) is 11.7. The molecular formula is C18H16ClF3N4O3. The number of carbonyl (C=O) groups excluding carboxylic acids is 1. The second-order valence-electron chi connectivity index (χ2n) is 6.34. The minimum absolute atomic E-state index is 0.0189. The highest BCUT2D eigenvalue weighted by Gasteiger charge is 2.29. The monoisotopic (exact) mass is 428 g/mol. The van der Waals surface area contributed by atoms with Crippen molar-refractivity contribution in [2.45, 2.75) is 26.4 Å². The van der Waals surface area contributed by atoms with Crippen molar-refractivity contribution < 1.29 is 22.7 Å². The van der Waals surface area contributed by atoms with E-state index >= 15 is 0 Å². The van der Waals surface area contributed by atoms with Crippen molar-refractivity contribution in [2.75, 3.05) is 11.9 Å². The first-order valence-corrected chi connectivity index (χ1v) is 8.78. The Hall–Kier alpha value is -3.01. The second kappa shape index (κ2) is 7.78. The molecule has 2 aromatic heterocycles. The number of aromatic nitrogens is 3. The molecule has 0 aliphatic rings. The summed E-state index contributed by atoms with van der Waals surface area (Å²) in [6, 6.07) is 5.24. The Morgan fingerprint density at radius 2 is 2.03 bits per heavy atom. The average Bonchev–Trinajstić information content (AvgIpc) is 2.97. The first kappa shape index (κ1) is 20.7. The van der Waals surface area contributed by atoms with E-state index in [0.29, 0.717) is 22.6 Å². The number of H-pyrrole nitrogens is 1. The number of aromatic amines is 1. The molecule has 0 bridgehead atoms. The van der Waals surface area contributed by atoms with Gasteiger partial charge in [-0.05, 0) is 32.0 Å². The molecule has 154 valence electrons. The summed E-state index contributed by atoms with van der Waals surface area (Å²) in [5, 5.41) is 5.33. The quantitative estimate of drug-likeness (QED) is 0.651. The van der Waals surface area contributed by atoms with Gasteiger partial charge in [-0.1, -0.05) is 11.6 Å². The highest BCUT2D eigenvalue weighted by atomic mass is 35.5. The molecule has 0 saturated heterocycles. The highest BCUT2D eigenvalue weighted by molar-refractivity contribution is 6.31. The molecule has 0 spiro atoms. The first-order valence-electron chi connectivity index (χ1n) is 8.40. The number of alkyl halides is 3. The van der Waals surface area contributed by atoms with Crippen LogP contribution in [0.5, 0.6) is 5.75 Å². The van der Waals surface area contributed by atoms with E-state index < -0.39 is 18.7 Å². The van der Waals surface area contributed by atoms with E-state index in [9.17, 15) is 22.8 Å². The number of benzene rings is 1. The van der Waals surface area contributed by atoms with E-state index in [1.54, 1.807) is 13.8 Å². The number of fused-ring (bicyclic) bond motifs is 1. The van der Waals surface area contributed by atoms with Crippen LogP contribution in [0.2, 0.25) is 5.02 Å². The van der Waals surface area contributed by atoms with Crippen LogP contribution in [0.1, 0.15) is 17.0 Å². The third-order valence-electron chi connectivity index (χ3n) is 4.15. The Kier molecular flexibility index (Phi) is 5.56. The molecule has 7 nitrogen and oxygen atoms in total. The van der Waals surface area contributed by atoms with Crippen LogP contribution in [0.15, 0.2) is 29.1 Å². The summed E-state index contributed by atoms with van der Waals surface area (Å²) in [4.78, 5) is 28.4. The summed E-state index contributed by atoms with van der Waals surface area (Å²) in [5.41, 5.74) is 1.85. The molecule has 1 amide bonds. The summed E-state index contributed by atoms with van der Waals surface area (Å²) in [6.45, 7) is 1.92. The number of ether oxygens (including phenoxy) is 1. The molecule has 2 heterocycles. The van der Waals surface area contributed by atoms with E-state index in [4.69, 9.17) is 16.3 Å². The SMILES string of the molecule is Cc1nc2cc(=O)[nH]n2c(C)c1CC(=O)Nc1cc(Cl)ccc1OCC(F)(F)F. The molecule has 0 aliphatic heterocycles. The van der Waals surface area contributed by atoms with Gasteiger partial charge < -0.3 is 10.1 Å². The third kappa shape index (κ3) is 4.89. The predicted octanol–water partition coefficient (Wildman–Crippen LogP) is 3.42. The number of aryl methyl sites for hydroxylation is 2. The lowest BCUT2D eigenvalue weighted by molar-refractivity contribution is -0.153. The molecule has 3 aromatic rings. The van der Waals surface area contributed by atoms with Gasteiger partial charge in [-0.25, -0.2) is 9.50 Å². The van der Waals surface area contributed by atoms with Crippen molar-refractivity contribution in [3.8, 4) is 5.75 Å². The fourth-order valence-corrected chi connectivity index (χ4v) is 3.02. The maximum absolute atomic E-state index is 12.6. The fourth-order valence-electron chi connectivity index (χ4n) is 2.85. The molecule has 1 aromatic carbocycles. The molecule has 3 rings (SSSR count). The summed E-state index contributed by atoms with van der Waals surface area (Å²) >= 11 is 5.89. The van der Waals surface area contributed by atoms with Crippen LogP contribution in [0.25, 0.3) is 5.65 Å². The van der Waals surface area contributed by atoms with Crippen molar-refractivity contribution in [3.63, 3.8) is 0 Å². The topological polar surface area (TPSA) is 88.5 Å². The number of nitrogens with one attached hydrogen (secondary N) is 2. The summed E-state index contributed by atoms with van der Waals surface area (Å²) < 4.78 is 43.6. The van der Waals surface area contributed by atoms with Crippen LogP contribution in [-0.4, -0.2) is 33.3 Å². The van der Waals surface area contributed by atoms with Gasteiger partial charge >= 0.3 is 6.18 Å². The van der Waals surface area contributed by atoms with Crippen molar-refractivity contribution in [1.29, 1.82) is 0 Å². The number of carbonyl (C=O) groups is 1. The maximum Gasteiger partial charge on any atom is 0.422 e. The van der Waals surface area contributed by atoms with Gasteiger partial charge in [0.25, 0.3) is 5.56 Å². The number of anilines is 1. The summed E-state index contributed by atoms with van der Waals surface area (Å²) in [6.07, 6.45) is -4.64. The van der Waals surface area contributed by atoms with E-state index in [1.807, 2.05) is 0 Å². The maximum atomic E-state index is 12.6. The standard InChI is InChI=1S/C18H16ClF3N4O3/c1-9-12(10(2)26-15(23-9)7-17(28)25-26)6-16(27)24-13-5-11(19)3-4-14(13)29-8-18(20,21)22/h3-5,7H,6,8H2,1-2H3,(H,24,27)(H,25,28). The van der Waals surface area contributed by atoms with Gasteiger partial charge in [0.1, 0.15) is 5.75 Å². The number of hydrogen-bond acceptors (Lipinski definition) is 4. The van der Waals surface area contributed by atoms with Crippen LogP contribution in [0.4, 0.5) is 18.9 Å². The average molecular weight is 429 g/mol. The third-order valence-corrected chi connectivity index (χ3v) is 4.38. The lowest BCUT2D eigenvalue weighted by atomic mass is 10.1. The van der Waals surface area contributed by atoms with Crippen LogP contribution < -0.4 is 15.6 Å². The smallest absolute Gasteiger partial charge is 0.422 e. The van der Waals surface area contributed by atoms with Gasteiger partial charge in [-0.3, -0.25) is 14.7 Å². The largest absolute Gasteiger partial charge is 0.482 e. The minimum Gasteiger partial charge on any atom is -0.482 e.